The normalized spacial score (nSPS) is 10.1. The Kier molecular flexibility index (Phi) is 9.37. The highest BCUT2D eigenvalue weighted by molar-refractivity contribution is 5.85. The number of rotatable bonds is 9. The molecule has 0 bridgehead atoms. The van der Waals surface area contributed by atoms with E-state index in [-0.39, 0.29) is 24.9 Å². The van der Waals surface area contributed by atoms with Crippen molar-refractivity contribution in [3.05, 3.63) is 0 Å². The lowest BCUT2D eigenvalue weighted by Gasteiger charge is -2.16. The standard InChI is InChI=1S/C11H23N3O3/c1-4-12-8-11(16)14(2)9-10(15)13-6-5-7-17-3/h12H,4-9H2,1-3H3,(H,13,15). The summed E-state index contributed by atoms with van der Waals surface area (Å²) in [7, 11) is 3.24. The van der Waals surface area contributed by atoms with E-state index in [9.17, 15) is 9.59 Å². The number of ether oxygens (including phenoxy) is 1. The number of hydrogen-bond donors (Lipinski definition) is 2. The van der Waals surface area contributed by atoms with E-state index in [1.165, 1.54) is 4.90 Å². The molecule has 0 saturated carbocycles. The Morgan fingerprint density at radius 3 is 2.65 bits per heavy atom. The molecule has 0 heterocycles. The molecule has 0 fully saturated rings. The van der Waals surface area contributed by atoms with Crippen LogP contribution >= 0.6 is 0 Å². The van der Waals surface area contributed by atoms with Crippen LogP contribution in [-0.2, 0) is 14.3 Å². The summed E-state index contributed by atoms with van der Waals surface area (Å²) in [5.41, 5.74) is 0. The van der Waals surface area contributed by atoms with E-state index in [1.54, 1.807) is 14.2 Å². The van der Waals surface area contributed by atoms with E-state index in [4.69, 9.17) is 4.74 Å². The summed E-state index contributed by atoms with van der Waals surface area (Å²) in [4.78, 5) is 24.3. The number of hydrogen-bond acceptors (Lipinski definition) is 4. The number of amides is 2. The second-order valence-corrected chi connectivity index (χ2v) is 3.73. The highest BCUT2D eigenvalue weighted by Crippen LogP contribution is 1.85. The Hall–Kier alpha value is -1.14. The third-order valence-corrected chi connectivity index (χ3v) is 2.18. The molecule has 6 heteroatoms. The van der Waals surface area contributed by atoms with Crippen LogP contribution in [0, 0.1) is 0 Å². The van der Waals surface area contributed by atoms with Crippen LogP contribution in [0.2, 0.25) is 0 Å². The van der Waals surface area contributed by atoms with Gasteiger partial charge in [0.25, 0.3) is 0 Å². The van der Waals surface area contributed by atoms with E-state index in [2.05, 4.69) is 10.6 Å². The SMILES string of the molecule is CCNCC(=O)N(C)CC(=O)NCCCOC. The fourth-order valence-electron chi connectivity index (χ4n) is 1.17. The minimum atomic E-state index is -0.145. The number of likely N-dealkylation sites (N-methyl/N-ethyl adjacent to an activating group) is 2. The maximum Gasteiger partial charge on any atom is 0.239 e. The molecule has 0 unspecified atom stereocenters. The summed E-state index contributed by atoms with van der Waals surface area (Å²) in [5.74, 6) is -0.229. The van der Waals surface area contributed by atoms with Gasteiger partial charge in [0.15, 0.2) is 0 Å². The molecule has 2 N–H and O–H groups in total. The average molecular weight is 245 g/mol. The second-order valence-electron chi connectivity index (χ2n) is 3.73. The number of methoxy groups -OCH3 is 1. The van der Waals surface area contributed by atoms with Crippen LogP contribution < -0.4 is 10.6 Å². The molecule has 0 aromatic heterocycles. The molecule has 6 nitrogen and oxygen atoms in total. The van der Waals surface area contributed by atoms with Crippen molar-refractivity contribution in [2.45, 2.75) is 13.3 Å². The predicted octanol–water partition coefficient (Wildman–Crippen LogP) is -0.793. The van der Waals surface area contributed by atoms with Crippen LogP contribution in [0.4, 0.5) is 0 Å². The molecule has 17 heavy (non-hydrogen) atoms. The largest absolute Gasteiger partial charge is 0.385 e. The van der Waals surface area contributed by atoms with Gasteiger partial charge in [-0.15, -0.1) is 0 Å². The molecule has 0 rings (SSSR count). The van der Waals surface area contributed by atoms with Gasteiger partial charge in [-0.1, -0.05) is 6.92 Å². The van der Waals surface area contributed by atoms with Gasteiger partial charge in [0.1, 0.15) is 0 Å². The zero-order valence-corrected chi connectivity index (χ0v) is 10.9. The molecule has 0 aliphatic rings. The van der Waals surface area contributed by atoms with Crippen LogP contribution in [0.5, 0.6) is 0 Å². The first-order valence-corrected chi connectivity index (χ1v) is 5.82. The number of nitrogens with one attached hydrogen (secondary N) is 2. The fraction of sp³-hybridized carbons (Fsp3) is 0.818. The topological polar surface area (TPSA) is 70.7 Å². The van der Waals surface area contributed by atoms with Crippen LogP contribution in [0.1, 0.15) is 13.3 Å². The van der Waals surface area contributed by atoms with Crippen molar-refractivity contribution in [1.29, 1.82) is 0 Å². The summed E-state index contributed by atoms with van der Waals surface area (Å²) in [6.07, 6.45) is 0.775. The zero-order valence-electron chi connectivity index (χ0n) is 10.9. The summed E-state index contributed by atoms with van der Waals surface area (Å²) < 4.78 is 4.86. The van der Waals surface area contributed by atoms with Crippen LogP contribution in [0.25, 0.3) is 0 Å². The first kappa shape index (κ1) is 15.9. The highest BCUT2D eigenvalue weighted by Gasteiger charge is 2.11. The molecule has 0 spiro atoms. The first-order chi connectivity index (χ1) is 8.11. The predicted molar refractivity (Wildman–Crippen MR) is 65.7 cm³/mol. The van der Waals surface area contributed by atoms with Gasteiger partial charge in [-0.3, -0.25) is 9.59 Å². The molecule has 100 valence electrons. The van der Waals surface area contributed by atoms with Crippen molar-refractivity contribution in [3.8, 4) is 0 Å². The van der Waals surface area contributed by atoms with E-state index in [0.717, 1.165) is 13.0 Å². The van der Waals surface area contributed by atoms with Gasteiger partial charge in [-0.05, 0) is 13.0 Å². The lowest BCUT2D eigenvalue weighted by Crippen LogP contribution is -2.42. The van der Waals surface area contributed by atoms with Gasteiger partial charge >= 0.3 is 0 Å². The second kappa shape index (κ2) is 10.0. The Bertz CT molecular complexity index is 234. The maximum atomic E-state index is 11.5. The van der Waals surface area contributed by atoms with E-state index in [1.807, 2.05) is 6.92 Å². The van der Waals surface area contributed by atoms with Crippen molar-refractivity contribution in [1.82, 2.24) is 15.5 Å². The van der Waals surface area contributed by atoms with Crippen LogP contribution in [0.15, 0.2) is 0 Å². The van der Waals surface area contributed by atoms with Crippen molar-refractivity contribution in [2.75, 3.05) is 46.9 Å². The quantitative estimate of drug-likeness (QED) is 0.522. The van der Waals surface area contributed by atoms with E-state index < -0.39 is 0 Å². The lowest BCUT2D eigenvalue weighted by molar-refractivity contribution is -0.134. The van der Waals surface area contributed by atoms with Gasteiger partial charge < -0.3 is 20.3 Å². The molecule has 2 amide bonds. The van der Waals surface area contributed by atoms with Crippen molar-refractivity contribution >= 4 is 11.8 Å². The molecular weight excluding hydrogens is 222 g/mol. The van der Waals surface area contributed by atoms with Crippen molar-refractivity contribution in [2.24, 2.45) is 0 Å². The maximum absolute atomic E-state index is 11.5. The summed E-state index contributed by atoms with van der Waals surface area (Å²) in [6, 6.07) is 0. The Morgan fingerprint density at radius 2 is 2.06 bits per heavy atom. The molecular formula is C11H23N3O3. The highest BCUT2D eigenvalue weighted by atomic mass is 16.5. The summed E-state index contributed by atoms with van der Waals surface area (Å²) in [5, 5.41) is 5.65. The summed E-state index contributed by atoms with van der Waals surface area (Å²) in [6.45, 7) is 4.22. The third kappa shape index (κ3) is 8.65. The fourth-order valence-corrected chi connectivity index (χ4v) is 1.17. The van der Waals surface area contributed by atoms with Crippen LogP contribution in [0.3, 0.4) is 0 Å². The monoisotopic (exact) mass is 245 g/mol. The Labute approximate surface area is 103 Å². The Morgan fingerprint density at radius 1 is 1.35 bits per heavy atom. The molecule has 0 atom stereocenters. The van der Waals surface area contributed by atoms with E-state index in [0.29, 0.717) is 13.2 Å². The van der Waals surface area contributed by atoms with Gasteiger partial charge in [0, 0.05) is 27.3 Å². The smallest absolute Gasteiger partial charge is 0.239 e. The average Bonchev–Trinajstić information content (AvgIpc) is 2.31. The summed E-state index contributed by atoms with van der Waals surface area (Å²) >= 11 is 0. The number of carbonyl (C=O) groups is 2. The van der Waals surface area contributed by atoms with Gasteiger partial charge in [0.2, 0.25) is 11.8 Å². The minimum absolute atomic E-state index is 0.0844. The van der Waals surface area contributed by atoms with E-state index >= 15 is 0 Å². The van der Waals surface area contributed by atoms with Crippen LogP contribution in [-0.4, -0.2) is 63.7 Å². The molecule has 0 saturated heterocycles. The van der Waals surface area contributed by atoms with Gasteiger partial charge in [0.05, 0.1) is 13.1 Å². The zero-order chi connectivity index (χ0) is 13.1. The molecule has 0 radical (unpaired) electrons. The minimum Gasteiger partial charge on any atom is -0.385 e. The van der Waals surface area contributed by atoms with Gasteiger partial charge in [-0.25, -0.2) is 0 Å². The van der Waals surface area contributed by atoms with Gasteiger partial charge in [-0.2, -0.15) is 0 Å². The van der Waals surface area contributed by atoms with Crippen molar-refractivity contribution < 1.29 is 14.3 Å². The van der Waals surface area contributed by atoms with Crippen molar-refractivity contribution in [3.63, 3.8) is 0 Å². The number of nitrogens with zero attached hydrogens (tertiary/aromatic N) is 1. The molecule has 0 aliphatic carbocycles. The lowest BCUT2D eigenvalue weighted by atomic mass is 10.4. The molecule has 0 aromatic carbocycles. The molecule has 0 aliphatic heterocycles. The Balaban J connectivity index is 3.67. The first-order valence-electron chi connectivity index (χ1n) is 5.82. The number of carbonyl (C=O) groups excluding carboxylic acids is 2. The third-order valence-electron chi connectivity index (χ3n) is 2.18. The molecule has 0 aromatic rings.